The molecule has 0 atom stereocenters. The Bertz CT molecular complexity index is 460. The van der Waals surface area contributed by atoms with Gasteiger partial charge < -0.3 is 15.7 Å². The summed E-state index contributed by atoms with van der Waals surface area (Å²) in [6, 6.07) is 3.69. The largest absolute Gasteiger partial charge is 0.478 e. The maximum atomic E-state index is 11.3. The van der Waals surface area contributed by atoms with E-state index in [9.17, 15) is 9.59 Å². The smallest absolute Gasteiger partial charge is 0.337 e. The predicted molar refractivity (Wildman–Crippen MR) is 65.6 cm³/mol. The number of aromatic carboxylic acids is 1. The van der Waals surface area contributed by atoms with E-state index in [1.807, 2.05) is 0 Å². The van der Waals surface area contributed by atoms with Crippen LogP contribution in [0.3, 0.4) is 0 Å². The molecular weight excluding hydrogens is 244 g/mol. The summed E-state index contributed by atoms with van der Waals surface area (Å²) in [5.74, 6) is -1.16. The Morgan fingerprint density at radius 2 is 2.18 bits per heavy atom. The number of carboxylic acid groups (broad SMARTS) is 1. The first-order valence-corrected chi connectivity index (χ1v) is 5.11. The lowest BCUT2D eigenvalue weighted by molar-refractivity contribution is 0.0698. The van der Waals surface area contributed by atoms with Gasteiger partial charge in [0.25, 0.3) is 0 Å². The number of anilines is 1. The second kappa shape index (κ2) is 5.91. The van der Waals surface area contributed by atoms with Crippen molar-refractivity contribution in [1.29, 1.82) is 0 Å². The molecule has 0 aromatic heterocycles. The lowest BCUT2D eigenvalue weighted by atomic mass is 10.2. The molecule has 2 amide bonds. The van der Waals surface area contributed by atoms with Gasteiger partial charge >= 0.3 is 12.0 Å². The zero-order chi connectivity index (χ0) is 12.8. The summed E-state index contributed by atoms with van der Waals surface area (Å²) in [6.07, 6.45) is 1.51. The monoisotopic (exact) mass is 254 g/mol. The van der Waals surface area contributed by atoms with Gasteiger partial charge in [0, 0.05) is 11.6 Å². The summed E-state index contributed by atoms with van der Waals surface area (Å²) in [6.45, 7) is 3.74. The second-order valence-electron chi connectivity index (χ2n) is 3.12. The van der Waals surface area contributed by atoms with Crippen LogP contribution in [0.2, 0.25) is 5.02 Å². The summed E-state index contributed by atoms with van der Waals surface area (Å²) in [7, 11) is 0. The van der Waals surface area contributed by atoms with Crippen molar-refractivity contribution >= 4 is 29.3 Å². The fraction of sp³-hybridized carbons (Fsp3) is 0.0909. The van der Waals surface area contributed by atoms with Crippen LogP contribution in [-0.2, 0) is 0 Å². The summed E-state index contributed by atoms with van der Waals surface area (Å²) in [5.41, 5.74) is 0.120. The first kappa shape index (κ1) is 13.1. The van der Waals surface area contributed by atoms with E-state index in [0.717, 1.165) is 0 Å². The quantitative estimate of drug-likeness (QED) is 0.722. The number of nitrogens with one attached hydrogen (secondary N) is 2. The van der Waals surface area contributed by atoms with Crippen LogP contribution in [0.15, 0.2) is 30.9 Å². The molecule has 0 spiro atoms. The van der Waals surface area contributed by atoms with Crippen molar-refractivity contribution in [2.75, 3.05) is 11.9 Å². The molecule has 0 aliphatic heterocycles. The molecule has 3 N–H and O–H groups in total. The van der Waals surface area contributed by atoms with E-state index in [1.54, 1.807) is 0 Å². The average Bonchev–Trinajstić information content (AvgIpc) is 2.28. The van der Waals surface area contributed by atoms with Crippen molar-refractivity contribution in [2.24, 2.45) is 0 Å². The van der Waals surface area contributed by atoms with Crippen molar-refractivity contribution in [3.8, 4) is 0 Å². The number of rotatable bonds is 4. The summed E-state index contributed by atoms with van der Waals surface area (Å²) < 4.78 is 0. The Hall–Kier alpha value is -2.01. The third kappa shape index (κ3) is 3.81. The van der Waals surface area contributed by atoms with Crippen LogP contribution < -0.4 is 10.6 Å². The molecule has 1 aromatic carbocycles. The summed E-state index contributed by atoms with van der Waals surface area (Å²) >= 11 is 5.68. The van der Waals surface area contributed by atoms with Gasteiger partial charge in [-0.15, -0.1) is 6.58 Å². The van der Waals surface area contributed by atoms with Gasteiger partial charge in [-0.3, -0.25) is 0 Å². The molecule has 1 aromatic rings. The number of carbonyl (C=O) groups is 2. The number of hydrogen-bond donors (Lipinski definition) is 3. The first-order chi connectivity index (χ1) is 8.04. The van der Waals surface area contributed by atoms with E-state index >= 15 is 0 Å². The molecule has 0 radical (unpaired) electrons. The van der Waals surface area contributed by atoms with Crippen LogP contribution in [0.4, 0.5) is 10.5 Å². The molecule has 0 saturated heterocycles. The highest BCUT2D eigenvalue weighted by molar-refractivity contribution is 6.31. The normalized spacial score (nSPS) is 9.47. The molecule has 0 heterocycles. The molecule has 1 rings (SSSR count). The molecular formula is C11H11ClN2O3. The average molecular weight is 255 g/mol. The molecule has 17 heavy (non-hydrogen) atoms. The van der Waals surface area contributed by atoms with Crippen LogP contribution in [0.25, 0.3) is 0 Å². The summed E-state index contributed by atoms with van der Waals surface area (Å²) in [4.78, 5) is 22.3. The van der Waals surface area contributed by atoms with Crippen molar-refractivity contribution in [3.05, 3.63) is 41.4 Å². The van der Waals surface area contributed by atoms with Crippen LogP contribution in [0, 0.1) is 0 Å². The van der Waals surface area contributed by atoms with Gasteiger partial charge in [0.2, 0.25) is 0 Å². The molecule has 90 valence electrons. The van der Waals surface area contributed by atoms with Gasteiger partial charge in [0.15, 0.2) is 0 Å². The highest BCUT2D eigenvalue weighted by atomic mass is 35.5. The third-order valence-electron chi connectivity index (χ3n) is 1.87. The van der Waals surface area contributed by atoms with E-state index in [0.29, 0.717) is 11.6 Å². The number of halogens is 1. The molecule has 0 saturated carbocycles. The zero-order valence-corrected chi connectivity index (χ0v) is 9.62. The topological polar surface area (TPSA) is 78.4 Å². The number of urea groups is 1. The van der Waals surface area contributed by atoms with Gasteiger partial charge in [-0.2, -0.15) is 0 Å². The maximum Gasteiger partial charge on any atom is 0.337 e. The van der Waals surface area contributed by atoms with E-state index < -0.39 is 12.0 Å². The zero-order valence-electron chi connectivity index (χ0n) is 8.87. The van der Waals surface area contributed by atoms with Gasteiger partial charge in [-0.25, -0.2) is 9.59 Å². The molecule has 6 heteroatoms. The van der Waals surface area contributed by atoms with Gasteiger partial charge in [0.05, 0.1) is 11.3 Å². The van der Waals surface area contributed by atoms with E-state index in [1.165, 1.54) is 24.3 Å². The highest BCUT2D eigenvalue weighted by Crippen LogP contribution is 2.20. The van der Waals surface area contributed by atoms with E-state index in [-0.39, 0.29) is 11.3 Å². The lowest BCUT2D eigenvalue weighted by Crippen LogP contribution is -2.29. The fourth-order valence-corrected chi connectivity index (χ4v) is 1.31. The Morgan fingerprint density at radius 3 is 2.76 bits per heavy atom. The number of benzene rings is 1. The second-order valence-corrected chi connectivity index (χ2v) is 3.56. The number of carbonyl (C=O) groups excluding carboxylic acids is 1. The highest BCUT2D eigenvalue weighted by Gasteiger charge is 2.12. The summed E-state index contributed by atoms with van der Waals surface area (Å²) in [5, 5.41) is 14.1. The Balaban J connectivity index is 2.86. The van der Waals surface area contributed by atoms with Crippen LogP contribution >= 0.6 is 11.6 Å². The molecule has 0 bridgehead atoms. The molecule has 0 aliphatic rings. The minimum atomic E-state index is -1.16. The molecule has 0 fully saturated rings. The predicted octanol–water partition coefficient (Wildman–Crippen LogP) is 2.35. The van der Waals surface area contributed by atoms with Crippen LogP contribution in [0.5, 0.6) is 0 Å². The van der Waals surface area contributed by atoms with E-state index in [4.69, 9.17) is 16.7 Å². The Kier molecular flexibility index (Phi) is 4.54. The van der Waals surface area contributed by atoms with Crippen LogP contribution in [0.1, 0.15) is 10.4 Å². The number of hydrogen-bond acceptors (Lipinski definition) is 2. The van der Waals surface area contributed by atoms with Crippen molar-refractivity contribution < 1.29 is 14.7 Å². The minimum Gasteiger partial charge on any atom is -0.478 e. The lowest BCUT2D eigenvalue weighted by Gasteiger charge is -2.09. The number of amides is 2. The fourth-order valence-electron chi connectivity index (χ4n) is 1.13. The molecule has 5 nitrogen and oxygen atoms in total. The maximum absolute atomic E-state index is 11.3. The van der Waals surface area contributed by atoms with Crippen molar-refractivity contribution in [2.45, 2.75) is 0 Å². The minimum absolute atomic E-state index is 0.0637. The van der Waals surface area contributed by atoms with Gasteiger partial charge in [-0.05, 0) is 18.2 Å². The van der Waals surface area contributed by atoms with Crippen molar-refractivity contribution in [1.82, 2.24) is 5.32 Å². The third-order valence-corrected chi connectivity index (χ3v) is 2.10. The van der Waals surface area contributed by atoms with Gasteiger partial charge in [-0.1, -0.05) is 17.7 Å². The number of carboxylic acids is 1. The van der Waals surface area contributed by atoms with E-state index in [2.05, 4.69) is 17.2 Å². The van der Waals surface area contributed by atoms with Gasteiger partial charge in [0.1, 0.15) is 0 Å². The van der Waals surface area contributed by atoms with Crippen LogP contribution in [-0.4, -0.2) is 23.7 Å². The van der Waals surface area contributed by atoms with Crippen molar-refractivity contribution in [3.63, 3.8) is 0 Å². The first-order valence-electron chi connectivity index (χ1n) is 4.73. The SMILES string of the molecule is C=CCNC(=O)Nc1ccc(Cl)cc1C(=O)O. The Labute approximate surface area is 103 Å². The Morgan fingerprint density at radius 1 is 1.47 bits per heavy atom. The molecule has 0 aliphatic carbocycles. The molecule has 0 unspecified atom stereocenters. The standard InChI is InChI=1S/C11H11ClN2O3/c1-2-5-13-11(17)14-9-4-3-7(12)6-8(9)10(15)16/h2-4,6H,1,5H2,(H,15,16)(H2,13,14,17).